The Morgan fingerprint density at radius 3 is 1.69 bits per heavy atom. The lowest BCUT2D eigenvalue weighted by atomic mass is 9.68. The molecule has 0 amide bonds. The third-order valence-electron chi connectivity index (χ3n) is 12.7. The maximum atomic E-state index is 7.03. The number of furan rings is 1. The lowest BCUT2D eigenvalue weighted by molar-refractivity contribution is 0.361. The maximum absolute atomic E-state index is 7.03. The normalized spacial score (nSPS) is 13.1. The summed E-state index contributed by atoms with van der Waals surface area (Å²) in [5.41, 5.74) is 12.4. The fourth-order valence-corrected chi connectivity index (χ4v) is 9.85. The summed E-state index contributed by atoms with van der Waals surface area (Å²) in [5, 5.41) is 2.12. The summed E-state index contributed by atoms with van der Waals surface area (Å²) in [5.74, 6) is 4.36. The molecule has 1 aliphatic carbocycles. The summed E-state index contributed by atoms with van der Waals surface area (Å²) in [6.45, 7) is 0. The second-order valence-corrected chi connectivity index (χ2v) is 16.2. The quantitative estimate of drug-likeness (QED) is 0.166. The van der Waals surface area contributed by atoms with E-state index in [1.807, 2.05) is 78.9 Å². The SMILES string of the molecule is c1ccc(-c2nc(-c3cccc(-c4cccc5c4Oc4ccc6c(c4O5)-c4ccccc4C6(c4ccccc4)c4ccccc4)c3)nc(-c3ccc4c(c3)oc3ccccc34)n2)cc1. The van der Waals surface area contributed by atoms with Crippen LogP contribution in [-0.4, -0.2) is 15.0 Å². The second kappa shape index (κ2) is 14.2. The smallest absolute Gasteiger partial charge is 0.178 e. The summed E-state index contributed by atoms with van der Waals surface area (Å²) in [7, 11) is 0. The van der Waals surface area contributed by atoms with E-state index >= 15 is 0 Å². The number of rotatable bonds is 6. The highest BCUT2D eigenvalue weighted by molar-refractivity contribution is 6.05. The molecule has 0 saturated carbocycles. The van der Waals surface area contributed by atoms with Crippen molar-refractivity contribution in [2.24, 2.45) is 0 Å². The Labute approximate surface area is 368 Å². The van der Waals surface area contributed by atoms with Gasteiger partial charge in [0.2, 0.25) is 0 Å². The third kappa shape index (κ3) is 5.49. The molecule has 300 valence electrons. The maximum Gasteiger partial charge on any atom is 0.178 e. The number of nitrogens with zero attached hydrogens (tertiary/aromatic N) is 3. The van der Waals surface area contributed by atoms with Crippen LogP contribution < -0.4 is 9.47 Å². The van der Waals surface area contributed by atoms with E-state index in [4.69, 9.17) is 28.8 Å². The zero-order chi connectivity index (χ0) is 42.2. The molecule has 11 aromatic rings. The van der Waals surface area contributed by atoms with Gasteiger partial charge in [0.25, 0.3) is 0 Å². The van der Waals surface area contributed by atoms with E-state index in [2.05, 4.69) is 133 Å². The number of aromatic nitrogens is 3. The highest BCUT2D eigenvalue weighted by Crippen LogP contribution is 2.62. The van der Waals surface area contributed by atoms with Crippen LogP contribution in [0.25, 0.3) is 78.4 Å². The first-order valence-electron chi connectivity index (χ1n) is 21.4. The molecular weight excluding hydrogens is 787 g/mol. The number of para-hydroxylation sites is 2. The van der Waals surface area contributed by atoms with Gasteiger partial charge in [-0.3, -0.25) is 0 Å². The Bertz CT molecular complexity index is 3580. The molecule has 6 heteroatoms. The van der Waals surface area contributed by atoms with E-state index in [1.165, 1.54) is 16.7 Å². The van der Waals surface area contributed by atoms with Gasteiger partial charge in [0.15, 0.2) is 40.5 Å². The number of fused-ring (bicyclic) bond motifs is 9. The first kappa shape index (κ1) is 36.1. The van der Waals surface area contributed by atoms with Gasteiger partial charge >= 0.3 is 0 Å². The molecule has 9 aromatic carbocycles. The topological polar surface area (TPSA) is 70.3 Å². The molecule has 64 heavy (non-hydrogen) atoms. The van der Waals surface area contributed by atoms with Crippen LogP contribution in [0.5, 0.6) is 23.0 Å². The first-order valence-corrected chi connectivity index (χ1v) is 21.4. The van der Waals surface area contributed by atoms with Crippen LogP contribution in [0, 0.1) is 0 Å². The van der Waals surface area contributed by atoms with Gasteiger partial charge in [-0.25, -0.2) is 15.0 Å². The van der Waals surface area contributed by atoms with Gasteiger partial charge in [-0.1, -0.05) is 176 Å². The van der Waals surface area contributed by atoms with Crippen LogP contribution in [-0.2, 0) is 5.41 Å². The molecule has 6 nitrogen and oxygen atoms in total. The number of hydrogen-bond acceptors (Lipinski definition) is 6. The fraction of sp³-hybridized carbons (Fsp3) is 0.0172. The zero-order valence-corrected chi connectivity index (χ0v) is 34.3. The molecule has 0 bridgehead atoms. The van der Waals surface area contributed by atoms with Crippen molar-refractivity contribution in [3.8, 4) is 79.4 Å². The highest BCUT2D eigenvalue weighted by atomic mass is 16.6. The van der Waals surface area contributed by atoms with Crippen molar-refractivity contribution in [3.05, 3.63) is 235 Å². The first-order chi connectivity index (χ1) is 31.7. The molecule has 0 fully saturated rings. The number of ether oxygens (including phenoxy) is 2. The van der Waals surface area contributed by atoms with Crippen molar-refractivity contribution >= 4 is 21.9 Å². The Kier molecular flexibility index (Phi) is 8.02. The Morgan fingerprint density at radius 2 is 0.906 bits per heavy atom. The monoisotopic (exact) mass is 821 g/mol. The van der Waals surface area contributed by atoms with E-state index in [1.54, 1.807) is 0 Å². The van der Waals surface area contributed by atoms with E-state index < -0.39 is 5.41 Å². The molecule has 0 atom stereocenters. The average Bonchev–Trinajstić information content (AvgIpc) is 3.90. The van der Waals surface area contributed by atoms with Crippen LogP contribution in [0.15, 0.2) is 217 Å². The van der Waals surface area contributed by atoms with Crippen molar-refractivity contribution in [2.45, 2.75) is 5.41 Å². The van der Waals surface area contributed by atoms with Crippen molar-refractivity contribution in [1.82, 2.24) is 15.0 Å². The van der Waals surface area contributed by atoms with Gasteiger partial charge in [0.05, 0.1) is 5.41 Å². The molecule has 0 N–H and O–H groups in total. The third-order valence-corrected chi connectivity index (χ3v) is 12.7. The molecule has 0 saturated heterocycles. The second-order valence-electron chi connectivity index (χ2n) is 16.2. The Morgan fingerprint density at radius 1 is 0.344 bits per heavy atom. The molecule has 0 spiro atoms. The van der Waals surface area contributed by atoms with Crippen molar-refractivity contribution < 1.29 is 13.9 Å². The van der Waals surface area contributed by atoms with Gasteiger partial charge in [-0.05, 0) is 69.8 Å². The summed E-state index contributed by atoms with van der Waals surface area (Å²) < 4.78 is 20.3. The summed E-state index contributed by atoms with van der Waals surface area (Å²) >= 11 is 0. The van der Waals surface area contributed by atoms with E-state index in [-0.39, 0.29) is 0 Å². The zero-order valence-electron chi connectivity index (χ0n) is 34.3. The minimum Gasteiger partial charge on any atom is -0.456 e. The van der Waals surface area contributed by atoms with Gasteiger partial charge < -0.3 is 13.9 Å². The number of hydrogen-bond donors (Lipinski definition) is 0. The Hall–Kier alpha value is -8.61. The molecule has 0 radical (unpaired) electrons. The van der Waals surface area contributed by atoms with Gasteiger partial charge in [-0.15, -0.1) is 0 Å². The molecule has 1 aliphatic heterocycles. The predicted molar refractivity (Wildman–Crippen MR) is 253 cm³/mol. The van der Waals surface area contributed by atoms with Crippen LogP contribution >= 0.6 is 0 Å². The number of benzene rings is 9. The molecule has 0 unspecified atom stereocenters. The standard InChI is InChI=1S/C58H35N3O3/c1-4-16-36(17-5-1)55-59-56(61-57(60-55)39-30-31-44-43-24-11-13-28-48(43)62-51(44)35-39)38-19-14-18-37(34-38)42-26-15-29-49-53(42)63-50-33-32-47-52(54(50)64-49)45-25-10-12-27-46(45)58(47,40-20-6-2-7-21-40)41-22-8-3-9-23-41/h1-35H. The van der Waals surface area contributed by atoms with Crippen LogP contribution in [0.4, 0.5) is 0 Å². The lowest BCUT2D eigenvalue weighted by Crippen LogP contribution is -2.28. The minimum atomic E-state index is -0.551. The summed E-state index contributed by atoms with van der Waals surface area (Å²) in [4.78, 5) is 15.2. The van der Waals surface area contributed by atoms with Crippen LogP contribution in [0.1, 0.15) is 22.3 Å². The minimum absolute atomic E-state index is 0.551. The molecule has 2 aliphatic rings. The van der Waals surface area contributed by atoms with Crippen molar-refractivity contribution in [2.75, 3.05) is 0 Å². The van der Waals surface area contributed by atoms with E-state index in [0.717, 1.165) is 66.4 Å². The molecule has 2 aromatic heterocycles. The van der Waals surface area contributed by atoms with Crippen molar-refractivity contribution in [3.63, 3.8) is 0 Å². The van der Waals surface area contributed by atoms with Gasteiger partial charge in [-0.2, -0.15) is 0 Å². The Balaban J connectivity index is 0.915. The average molecular weight is 822 g/mol. The van der Waals surface area contributed by atoms with Crippen LogP contribution in [0.3, 0.4) is 0 Å². The van der Waals surface area contributed by atoms with Crippen molar-refractivity contribution in [1.29, 1.82) is 0 Å². The van der Waals surface area contributed by atoms with Gasteiger partial charge in [0, 0.05) is 38.6 Å². The molecule has 3 heterocycles. The largest absolute Gasteiger partial charge is 0.456 e. The lowest BCUT2D eigenvalue weighted by Gasteiger charge is -2.34. The summed E-state index contributed by atoms with van der Waals surface area (Å²) in [6.07, 6.45) is 0. The van der Waals surface area contributed by atoms with Crippen LogP contribution in [0.2, 0.25) is 0 Å². The summed E-state index contributed by atoms with van der Waals surface area (Å²) in [6, 6.07) is 73.1. The molecular formula is C58H35N3O3. The highest BCUT2D eigenvalue weighted by Gasteiger charge is 2.48. The predicted octanol–water partition coefficient (Wildman–Crippen LogP) is 14.7. The van der Waals surface area contributed by atoms with E-state index in [0.29, 0.717) is 40.5 Å². The van der Waals surface area contributed by atoms with Gasteiger partial charge in [0.1, 0.15) is 11.2 Å². The van der Waals surface area contributed by atoms with E-state index in [9.17, 15) is 0 Å². The fourth-order valence-electron chi connectivity index (χ4n) is 9.85. The molecule has 13 rings (SSSR count).